The molecule has 1 amide bonds. The Morgan fingerprint density at radius 2 is 1.94 bits per heavy atom. The zero-order valence-corrected chi connectivity index (χ0v) is 18.7. The summed E-state index contributed by atoms with van der Waals surface area (Å²) in [5, 5.41) is 12.3. The Labute approximate surface area is 187 Å². The molecular weight excluding hydrogens is 412 g/mol. The number of methoxy groups -OCH3 is 1. The van der Waals surface area contributed by atoms with Crippen molar-refractivity contribution >= 4 is 23.4 Å². The van der Waals surface area contributed by atoms with Gasteiger partial charge >= 0.3 is 0 Å². The zero-order chi connectivity index (χ0) is 21.9. The Morgan fingerprint density at radius 3 is 2.68 bits per heavy atom. The minimum atomic E-state index is -0.0147. The molecule has 0 saturated carbocycles. The fourth-order valence-electron chi connectivity index (χ4n) is 3.03. The lowest BCUT2D eigenvalue weighted by Gasteiger charge is -2.19. The highest BCUT2D eigenvalue weighted by atomic mass is 32.2. The number of rotatable bonds is 12. The highest BCUT2D eigenvalue weighted by molar-refractivity contribution is 7.99. The van der Waals surface area contributed by atoms with Gasteiger partial charge in [0.1, 0.15) is 0 Å². The molecule has 1 aromatic carbocycles. The molecule has 0 radical (unpaired) electrons. The van der Waals surface area contributed by atoms with Crippen LogP contribution in [0.25, 0.3) is 11.4 Å². The van der Waals surface area contributed by atoms with Crippen LogP contribution in [-0.2, 0) is 16.1 Å². The Morgan fingerprint density at radius 1 is 1.16 bits per heavy atom. The third-order valence-electron chi connectivity index (χ3n) is 4.70. The summed E-state index contributed by atoms with van der Waals surface area (Å²) >= 11 is 1.38. The van der Waals surface area contributed by atoms with Crippen LogP contribution in [0.15, 0.2) is 60.0 Å². The van der Waals surface area contributed by atoms with Crippen molar-refractivity contribution in [2.75, 3.05) is 44.5 Å². The van der Waals surface area contributed by atoms with Crippen LogP contribution in [0.5, 0.6) is 0 Å². The number of amides is 1. The molecule has 2 heterocycles. The maximum Gasteiger partial charge on any atom is 0.230 e. The molecule has 8 nitrogen and oxygen atoms in total. The number of carbonyl (C=O) groups is 1. The maximum absolute atomic E-state index is 12.3. The average Bonchev–Trinajstić information content (AvgIpc) is 3.22. The van der Waals surface area contributed by atoms with Gasteiger partial charge in [-0.3, -0.25) is 14.3 Å². The van der Waals surface area contributed by atoms with Crippen molar-refractivity contribution < 1.29 is 9.53 Å². The van der Waals surface area contributed by atoms with Crippen LogP contribution < -0.4 is 10.2 Å². The number of carbonyl (C=O) groups excluding carboxylic acids is 1. The first kappa shape index (κ1) is 22.8. The first-order valence-corrected chi connectivity index (χ1v) is 11.2. The highest BCUT2D eigenvalue weighted by Crippen LogP contribution is 2.23. The van der Waals surface area contributed by atoms with E-state index in [9.17, 15) is 4.79 Å². The molecular formula is C22H28N6O2S. The van der Waals surface area contributed by atoms with Crippen molar-refractivity contribution in [3.05, 3.63) is 54.9 Å². The first-order chi connectivity index (χ1) is 15.2. The largest absolute Gasteiger partial charge is 0.383 e. The van der Waals surface area contributed by atoms with E-state index in [1.54, 1.807) is 19.5 Å². The molecule has 3 rings (SSSR count). The number of thioether (sulfide) groups is 1. The summed E-state index contributed by atoms with van der Waals surface area (Å²) in [6.07, 6.45) is 4.32. The quantitative estimate of drug-likeness (QED) is 0.342. The summed E-state index contributed by atoms with van der Waals surface area (Å²) < 4.78 is 7.20. The minimum absolute atomic E-state index is 0.0147. The molecule has 0 aliphatic heterocycles. The van der Waals surface area contributed by atoms with Gasteiger partial charge in [-0.25, -0.2) is 0 Å². The van der Waals surface area contributed by atoms with Gasteiger partial charge in [-0.1, -0.05) is 30.0 Å². The van der Waals surface area contributed by atoms with Crippen molar-refractivity contribution in [3.63, 3.8) is 0 Å². The monoisotopic (exact) mass is 440 g/mol. The number of ether oxygens (including phenoxy) is 1. The molecule has 0 unspecified atom stereocenters. The van der Waals surface area contributed by atoms with E-state index in [0.717, 1.165) is 24.4 Å². The Bertz CT molecular complexity index is 936. The smallest absolute Gasteiger partial charge is 0.230 e. The number of nitrogens with one attached hydrogen (secondary N) is 1. The number of hydrogen-bond donors (Lipinski definition) is 1. The second-order valence-corrected chi connectivity index (χ2v) is 7.88. The molecule has 0 spiro atoms. The van der Waals surface area contributed by atoms with E-state index >= 15 is 0 Å². The average molecular weight is 441 g/mol. The van der Waals surface area contributed by atoms with Gasteiger partial charge in [0.05, 0.1) is 18.9 Å². The predicted octanol–water partition coefficient (Wildman–Crippen LogP) is 2.72. The SMILES string of the molecule is COCCn1c(SCC(=O)NCCCN(C)c2ccccc2)nnc1-c1ccncc1. The molecule has 0 bridgehead atoms. The first-order valence-electron chi connectivity index (χ1n) is 10.2. The van der Waals surface area contributed by atoms with E-state index in [1.165, 1.54) is 17.4 Å². The van der Waals surface area contributed by atoms with E-state index in [1.807, 2.05) is 34.9 Å². The third-order valence-corrected chi connectivity index (χ3v) is 5.66. The lowest BCUT2D eigenvalue weighted by Crippen LogP contribution is -2.29. The third kappa shape index (κ3) is 6.80. The highest BCUT2D eigenvalue weighted by Gasteiger charge is 2.15. The van der Waals surface area contributed by atoms with E-state index < -0.39 is 0 Å². The van der Waals surface area contributed by atoms with Gasteiger partial charge in [0.2, 0.25) is 5.91 Å². The van der Waals surface area contributed by atoms with Crippen LogP contribution in [-0.4, -0.2) is 65.3 Å². The standard InChI is InChI=1S/C22H28N6O2S/c1-27(19-7-4-3-5-8-19)14-6-11-24-20(29)17-31-22-26-25-21(28(22)15-16-30-2)18-9-12-23-13-10-18/h3-5,7-10,12-13H,6,11,14-17H2,1-2H3,(H,24,29). The van der Waals surface area contributed by atoms with Crippen LogP contribution in [0.3, 0.4) is 0 Å². The van der Waals surface area contributed by atoms with Gasteiger partial charge in [0, 0.05) is 50.9 Å². The normalized spacial score (nSPS) is 10.8. The molecule has 0 aliphatic rings. The summed E-state index contributed by atoms with van der Waals surface area (Å²) in [6.45, 7) is 2.65. The van der Waals surface area contributed by atoms with E-state index in [-0.39, 0.29) is 11.7 Å². The second kappa shape index (κ2) is 12.1. The van der Waals surface area contributed by atoms with Gasteiger partial charge in [-0.15, -0.1) is 10.2 Å². The Balaban J connectivity index is 1.47. The number of benzene rings is 1. The summed E-state index contributed by atoms with van der Waals surface area (Å²) in [5.74, 6) is 1.01. The van der Waals surface area contributed by atoms with Crippen molar-refractivity contribution in [2.45, 2.75) is 18.1 Å². The minimum Gasteiger partial charge on any atom is -0.383 e. The Hall–Kier alpha value is -2.91. The van der Waals surface area contributed by atoms with Crippen molar-refractivity contribution in [3.8, 4) is 11.4 Å². The molecule has 3 aromatic rings. The van der Waals surface area contributed by atoms with E-state index in [4.69, 9.17) is 4.74 Å². The van der Waals surface area contributed by atoms with Crippen LogP contribution in [0.2, 0.25) is 0 Å². The van der Waals surface area contributed by atoms with Gasteiger partial charge in [0.15, 0.2) is 11.0 Å². The molecule has 164 valence electrons. The molecule has 0 aliphatic carbocycles. The summed E-state index contributed by atoms with van der Waals surface area (Å²) in [4.78, 5) is 18.5. The lowest BCUT2D eigenvalue weighted by molar-refractivity contribution is -0.118. The summed E-state index contributed by atoms with van der Waals surface area (Å²) in [6, 6.07) is 14.0. The van der Waals surface area contributed by atoms with Crippen LogP contribution in [0, 0.1) is 0 Å². The number of anilines is 1. The second-order valence-electron chi connectivity index (χ2n) is 6.94. The zero-order valence-electron chi connectivity index (χ0n) is 17.9. The van der Waals surface area contributed by atoms with Crippen molar-refractivity contribution in [1.82, 2.24) is 25.1 Å². The number of para-hydroxylation sites is 1. The predicted molar refractivity (Wildman–Crippen MR) is 123 cm³/mol. The molecule has 1 N–H and O–H groups in total. The molecule has 9 heteroatoms. The number of hydrogen-bond acceptors (Lipinski definition) is 7. The van der Waals surface area contributed by atoms with E-state index in [0.29, 0.717) is 24.9 Å². The van der Waals surface area contributed by atoms with Crippen LogP contribution in [0.1, 0.15) is 6.42 Å². The fourth-order valence-corrected chi connectivity index (χ4v) is 3.83. The molecule has 0 atom stereocenters. The van der Waals surface area contributed by atoms with Crippen LogP contribution in [0.4, 0.5) is 5.69 Å². The fraction of sp³-hybridized carbons (Fsp3) is 0.364. The summed E-state index contributed by atoms with van der Waals surface area (Å²) in [5.41, 5.74) is 2.10. The van der Waals surface area contributed by atoms with Gasteiger partial charge in [0.25, 0.3) is 0 Å². The number of aromatic nitrogens is 4. The maximum atomic E-state index is 12.3. The number of pyridine rings is 1. The lowest BCUT2D eigenvalue weighted by atomic mass is 10.2. The van der Waals surface area contributed by atoms with Gasteiger partial charge in [-0.2, -0.15) is 0 Å². The van der Waals surface area contributed by atoms with Crippen molar-refractivity contribution in [1.29, 1.82) is 0 Å². The van der Waals surface area contributed by atoms with Crippen LogP contribution >= 0.6 is 11.8 Å². The summed E-state index contributed by atoms with van der Waals surface area (Å²) in [7, 11) is 3.71. The Kier molecular flexibility index (Phi) is 8.86. The molecule has 0 saturated heterocycles. The molecule has 31 heavy (non-hydrogen) atoms. The van der Waals surface area contributed by atoms with Gasteiger partial charge < -0.3 is 15.0 Å². The number of nitrogens with zero attached hydrogens (tertiary/aromatic N) is 5. The van der Waals surface area contributed by atoms with Gasteiger partial charge in [-0.05, 0) is 30.7 Å². The molecule has 2 aromatic heterocycles. The molecule has 0 fully saturated rings. The topological polar surface area (TPSA) is 85.2 Å². The van der Waals surface area contributed by atoms with E-state index in [2.05, 4.69) is 44.6 Å². The van der Waals surface area contributed by atoms with Crippen molar-refractivity contribution in [2.24, 2.45) is 0 Å².